The van der Waals surface area contributed by atoms with E-state index < -0.39 is 0 Å². The zero-order chi connectivity index (χ0) is 12.4. The lowest BCUT2D eigenvalue weighted by atomic mass is 9.59. The van der Waals surface area contributed by atoms with Gasteiger partial charge in [0.2, 0.25) is 0 Å². The van der Waals surface area contributed by atoms with Gasteiger partial charge in [-0.3, -0.25) is 0 Å². The summed E-state index contributed by atoms with van der Waals surface area (Å²) in [6, 6.07) is 9.94. The summed E-state index contributed by atoms with van der Waals surface area (Å²) >= 11 is 0. The molecule has 1 nitrogen and oxygen atoms in total. The Balaban J connectivity index is 2.08. The molecule has 0 amide bonds. The van der Waals surface area contributed by atoms with Gasteiger partial charge in [0, 0.05) is 6.04 Å². The van der Waals surface area contributed by atoms with E-state index in [0.29, 0.717) is 6.04 Å². The first-order valence-electron chi connectivity index (χ1n) is 7.01. The lowest BCUT2D eigenvalue weighted by Gasteiger charge is -2.50. The molecule has 1 aliphatic carbocycles. The zero-order valence-electron chi connectivity index (χ0n) is 11.5. The van der Waals surface area contributed by atoms with E-state index in [1.807, 2.05) is 0 Å². The lowest BCUT2D eigenvalue weighted by molar-refractivity contribution is 0.0982. The minimum absolute atomic E-state index is 0.704. The topological polar surface area (TPSA) is 12.0 Å². The highest BCUT2D eigenvalue weighted by Gasteiger charge is 2.44. The number of hydrogen-bond acceptors (Lipinski definition) is 1. The minimum Gasteiger partial charge on any atom is -0.314 e. The number of aryl methyl sites for hydroxylation is 1. The van der Waals surface area contributed by atoms with Crippen LogP contribution in [-0.4, -0.2) is 12.6 Å². The van der Waals surface area contributed by atoms with Crippen molar-refractivity contribution in [3.8, 4) is 0 Å². The third-order valence-corrected chi connectivity index (χ3v) is 4.48. The van der Waals surface area contributed by atoms with Crippen molar-refractivity contribution in [2.45, 2.75) is 46.1 Å². The fraction of sp³-hybridized carbons (Fsp3) is 0.625. The average molecular weight is 231 g/mol. The number of hydrogen-bond donors (Lipinski definition) is 1. The van der Waals surface area contributed by atoms with Crippen LogP contribution in [0.1, 0.15) is 44.7 Å². The van der Waals surface area contributed by atoms with Crippen LogP contribution in [0.25, 0.3) is 0 Å². The smallest absolute Gasteiger partial charge is 0.0130 e. The molecule has 1 heteroatoms. The highest BCUT2D eigenvalue weighted by molar-refractivity contribution is 5.29. The molecule has 1 N–H and O–H groups in total. The van der Waals surface area contributed by atoms with Gasteiger partial charge in [-0.1, -0.05) is 52.0 Å². The SMILES string of the molecule is CCNC1C(C)C(c2ccc(CC)cc2)C1C. The molecule has 1 aromatic rings. The Morgan fingerprint density at radius 2 is 1.59 bits per heavy atom. The monoisotopic (exact) mass is 231 g/mol. The summed E-state index contributed by atoms with van der Waals surface area (Å²) in [5.74, 6) is 2.26. The Morgan fingerprint density at radius 1 is 1.00 bits per heavy atom. The molecule has 17 heavy (non-hydrogen) atoms. The second kappa shape index (κ2) is 5.22. The van der Waals surface area contributed by atoms with Crippen molar-refractivity contribution in [3.05, 3.63) is 35.4 Å². The van der Waals surface area contributed by atoms with Gasteiger partial charge in [0.25, 0.3) is 0 Å². The van der Waals surface area contributed by atoms with Gasteiger partial charge >= 0.3 is 0 Å². The number of benzene rings is 1. The molecule has 0 bridgehead atoms. The fourth-order valence-electron chi connectivity index (χ4n) is 3.45. The molecule has 0 aromatic heterocycles. The summed E-state index contributed by atoms with van der Waals surface area (Å²) < 4.78 is 0. The molecule has 1 aliphatic rings. The van der Waals surface area contributed by atoms with E-state index in [0.717, 1.165) is 30.7 Å². The normalized spacial score (nSPS) is 32.2. The van der Waals surface area contributed by atoms with Crippen molar-refractivity contribution in [2.75, 3.05) is 6.54 Å². The molecule has 0 heterocycles. The van der Waals surface area contributed by atoms with Crippen LogP contribution in [0.15, 0.2) is 24.3 Å². The summed E-state index contributed by atoms with van der Waals surface area (Å²) in [6.07, 6.45) is 1.13. The average Bonchev–Trinajstić information content (AvgIpc) is 2.37. The second-order valence-corrected chi connectivity index (χ2v) is 5.42. The molecule has 0 saturated heterocycles. The van der Waals surface area contributed by atoms with E-state index in [2.05, 4.69) is 57.3 Å². The predicted octanol–water partition coefficient (Wildman–Crippen LogP) is 3.60. The van der Waals surface area contributed by atoms with Gasteiger partial charge in [-0.05, 0) is 41.8 Å². The first kappa shape index (κ1) is 12.6. The molecule has 0 radical (unpaired) electrons. The Hall–Kier alpha value is -0.820. The van der Waals surface area contributed by atoms with Crippen LogP contribution < -0.4 is 5.32 Å². The van der Waals surface area contributed by atoms with E-state index >= 15 is 0 Å². The van der Waals surface area contributed by atoms with Gasteiger partial charge in [-0.15, -0.1) is 0 Å². The number of nitrogens with one attached hydrogen (secondary N) is 1. The van der Waals surface area contributed by atoms with Crippen LogP contribution in [0.5, 0.6) is 0 Å². The molecule has 1 aromatic carbocycles. The molecule has 2 atom stereocenters. The Labute approximate surface area is 106 Å². The zero-order valence-corrected chi connectivity index (χ0v) is 11.5. The Morgan fingerprint density at radius 3 is 2.06 bits per heavy atom. The molecule has 1 fully saturated rings. The van der Waals surface area contributed by atoms with E-state index in [1.165, 1.54) is 11.1 Å². The maximum atomic E-state index is 3.60. The maximum absolute atomic E-state index is 3.60. The first-order valence-corrected chi connectivity index (χ1v) is 7.01. The predicted molar refractivity (Wildman–Crippen MR) is 74.4 cm³/mol. The quantitative estimate of drug-likeness (QED) is 0.835. The third kappa shape index (κ3) is 2.26. The Bertz CT molecular complexity index is 344. The minimum atomic E-state index is 0.704. The van der Waals surface area contributed by atoms with E-state index in [4.69, 9.17) is 0 Å². The highest BCUT2D eigenvalue weighted by atomic mass is 14.9. The van der Waals surface area contributed by atoms with Crippen LogP contribution in [0.2, 0.25) is 0 Å². The van der Waals surface area contributed by atoms with E-state index in [1.54, 1.807) is 0 Å². The molecule has 94 valence electrons. The second-order valence-electron chi connectivity index (χ2n) is 5.42. The van der Waals surface area contributed by atoms with Gasteiger partial charge < -0.3 is 5.32 Å². The first-order chi connectivity index (χ1) is 8.19. The summed E-state index contributed by atoms with van der Waals surface area (Å²) in [5, 5.41) is 3.60. The molecule has 1 saturated carbocycles. The van der Waals surface area contributed by atoms with Crippen molar-refractivity contribution in [1.82, 2.24) is 5.32 Å². The van der Waals surface area contributed by atoms with E-state index in [9.17, 15) is 0 Å². The Kier molecular flexibility index (Phi) is 3.88. The third-order valence-electron chi connectivity index (χ3n) is 4.48. The summed E-state index contributed by atoms with van der Waals surface area (Å²) in [6.45, 7) is 10.3. The van der Waals surface area contributed by atoms with Crippen LogP contribution in [0.4, 0.5) is 0 Å². The van der Waals surface area contributed by atoms with Gasteiger partial charge in [-0.2, -0.15) is 0 Å². The molecule has 0 spiro atoms. The van der Waals surface area contributed by atoms with Crippen molar-refractivity contribution in [1.29, 1.82) is 0 Å². The largest absolute Gasteiger partial charge is 0.314 e. The summed E-state index contributed by atoms with van der Waals surface area (Å²) in [7, 11) is 0. The molecular weight excluding hydrogens is 206 g/mol. The van der Waals surface area contributed by atoms with Crippen molar-refractivity contribution in [3.63, 3.8) is 0 Å². The standard InChI is InChI=1S/C16H25N/c1-5-13-7-9-14(10-8-13)15-11(3)16(12(15)4)17-6-2/h7-12,15-17H,5-6H2,1-4H3. The van der Waals surface area contributed by atoms with Gasteiger partial charge in [0.05, 0.1) is 0 Å². The molecular formula is C16H25N. The maximum Gasteiger partial charge on any atom is 0.0130 e. The van der Waals surface area contributed by atoms with Crippen LogP contribution in [0.3, 0.4) is 0 Å². The summed E-state index contributed by atoms with van der Waals surface area (Å²) in [4.78, 5) is 0. The van der Waals surface area contributed by atoms with Crippen LogP contribution in [0, 0.1) is 11.8 Å². The van der Waals surface area contributed by atoms with Crippen LogP contribution >= 0.6 is 0 Å². The summed E-state index contributed by atoms with van der Waals surface area (Å²) in [5.41, 5.74) is 2.97. The molecule has 2 unspecified atom stereocenters. The van der Waals surface area contributed by atoms with E-state index in [-0.39, 0.29) is 0 Å². The highest BCUT2D eigenvalue weighted by Crippen LogP contribution is 2.47. The van der Waals surface area contributed by atoms with Gasteiger partial charge in [0.1, 0.15) is 0 Å². The van der Waals surface area contributed by atoms with Crippen molar-refractivity contribution in [2.24, 2.45) is 11.8 Å². The van der Waals surface area contributed by atoms with Crippen LogP contribution in [-0.2, 0) is 6.42 Å². The fourth-order valence-corrected chi connectivity index (χ4v) is 3.45. The lowest BCUT2D eigenvalue weighted by Crippen LogP contribution is -2.54. The van der Waals surface area contributed by atoms with Gasteiger partial charge in [0.15, 0.2) is 0 Å². The number of rotatable bonds is 4. The molecule has 2 rings (SSSR count). The van der Waals surface area contributed by atoms with Gasteiger partial charge in [-0.25, -0.2) is 0 Å². The molecule has 0 aliphatic heterocycles. The van der Waals surface area contributed by atoms with Crippen molar-refractivity contribution < 1.29 is 0 Å². The van der Waals surface area contributed by atoms with Crippen molar-refractivity contribution >= 4 is 0 Å².